The molecule has 1 saturated heterocycles. The summed E-state index contributed by atoms with van der Waals surface area (Å²) >= 11 is 0. The summed E-state index contributed by atoms with van der Waals surface area (Å²) in [6, 6.07) is 19.2. The molecular formula is C25H30O7. The number of hydrogen-bond donors (Lipinski definition) is 2. The van der Waals surface area contributed by atoms with E-state index in [1.807, 2.05) is 60.7 Å². The van der Waals surface area contributed by atoms with Gasteiger partial charge in [-0.3, -0.25) is 9.59 Å². The predicted octanol–water partition coefficient (Wildman–Crippen LogP) is 3.90. The Morgan fingerprint density at radius 1 is 0.938 bits per heavy atom. The van der Waals surface area contributed by atoms with Crippen LogP contribution in [0, 0.1) is 5.41 Å². The lowest BCUT2D eigenvalue weighted by atomic mass is 9.80. The lowest BCUT2D eigenvalue weighted by Gasteiger charge is -2.45. The topological polar surface area (TPSA) is 102 Å². The van der Waals surface area contributed by atoms with Gasteiger partial charge in [0.25, 0.3) is 0 Å². The fourth-order valence-electron chi connectivity index (χ4n) is 3.79. The summed E-state index contributed by atoms with van der Waals surface area (Å²) in [6.45, 7) is 3.73. The van der Waals surface area contributed by atoms with Crippen molar-refractivity contribution in [1.29, 1.82) is 0 Å². The van der Waals surface area contributed by atoms with E-state index >= 15 is 0 Å². The predicted molar refractivity (Wildman–Crippen MR) is 117 cm³/mol. The van der Waals surface area contributed by atoms with Crippen LogP contribution in [0.5, 0.6) is 0 Å². The second kappa shape index (κ2) is 10.7. The largest absolute Gasteiger partial charge is 0.481 e. The summed E-state index contributed by atoms with van der Waals surface area (Å²) in [5, 5.41) is 19.2. The summed E-state index contributed by atoms with van der Waals surface area (Å²) in [5.41, 5.74) is 0.691. The highest BCUT2D eigenvalue weighted by Crippen LogP contribution is 2.37. The highest BCUT2D eigenvalue weighted by molar-refractivity contribution is 5.74. The zero-order valence-electron chi connectivity index (χ0n) is 18.3. The Morgan fingerprint density at radius 3 is 1.97 bits per heavy atom. The number of ether oxygens (including phenoxy) is 3. The van der Waals surface area contributed by atoms with Gasteiger partial charge in [0.2, 0.25) is 0 Å². The van der Waals surface area contributed by atoms with Gasteiger partial charge in [-0.05, 0) is 25.0 Å². The molecule has 0 unspecified atom stereocenters. The molecule has 0 radical (unpaired) electrons. The van der Waals surface area contributed by atoms with Gasteiger partial charge in [0.1, 0.15) is 6.10 Å². The minimum Gasteiger partial charge on any atom is -0.481 e. The molecule has 1 fully saturated rings. The molecule has 0 amide bonds. The monoisotopic (exact) mass is 442 g/mol. The molecule has 172 valence electrons. The van der Waals surface area contributed by atoms with Crippen LogP contribution in [-0.4, -0.2) is 46.6 Å². The molecule has 2 aromatic rings. The van der Waals surface area contributed by atoms with Crippen molar-refractivity contribution in [3.8, 4) is 0 Å². The summed E-state index contributed by atoms with van der Waals surface area (Å²) in [7, 11) is 0. The maximum absolute atomic E-state index is 11.9. The van der Waals surface area contributed by atoms with Crippen molar-refractivity contribution in [3.05, 3.63) is 71.8 Å². The molecule has 2 aromatic carbocycles. The number of benzene rings is 2. The van der Waals surface area contributed by atoms with Gasteiger partial charge in [-0.2, -0.15) is 0 Å². The molecule has 1 aliphatic heterocycles. The average molecular weight is 443 g/mol. The first-order valence-corrected chi connectivity index (χ1v) is 10.7. The fraction of sp³-hybridized carbons (Fsp3) is 0.440. The Hall–Kier alpha value is -2.74. The molecule has 3 rings (SSSR count). The van der Waals surface area contributed by atoms with Crippen molar-refractivity contribution in [2.24, 2.45) is 5.41 Å². The van der Waals surface area contributed by atoms with Gasteiger partial charge in [-0.25, -0.2) is 0 Å². The molecule has 7 nitrogen and oxygen atoms in total. The van der Waals surface area contributed by atoms with E-state index in [0.29, 0.717) is 6.61 Å². The molecule has 1 heterocycles. The minimum absolute atomic E-state index is 0.267. The SMILES string of the molecule is CC(C)(C(=O)O)[C@@H]1C[C@@H](OCc2ccccc2)[C@@H](OCc2ccccc2)[C@@H](CC(=O)O)O1. The first kappa shape index (κ1) is 23.9. The number of hydrogen-bond acceptors (Lipinski definition) is 5. The van der Waals surface area contributed by atoms with Crippen molar-refractivity contribution in [1.82, 2.24) is 0 Å². The highest BCUT2D eigenvalue weighted by atomic mass is 16.6. The molecule has 0 saturated carbocycles. The zero-order valence-corrected chi connectivity index (χ0v) is 18.3. The number of aliphatic carboxylic acids is 2. The van der Waals surface area contributed by atoms with Gasteiger partial charge >= 0.3 is 11.9 Å². The number of carbonyl (C=O) groups is 2. The molecule has 0 aliphatic carbocycles. The van der Waals surface area contributed by atoms with Crippen molar-refractivity contribution in [2.75, 3.05) is 0 Å². The summed E-state index contributed by atoms with van der Waals surface area (Å²) in [5.74, 6) is -2.05. The Morgan fingerprint density at radius 2 is 1.47 bits per heavy atom. The normalized spacial score (nSPS) is 23.6. The molecule has 0 spiro atoms. The molecule has 0 aromatic heterocycles. The van der Waals surface area contributed by atoms with Crippen LogP contribution >= 0.6 is 0 Å². The quantitative estimate of drug-likeness (QED) is 0.575. The van der Waals surface area contributed by atoms with E-state index in [0.717, 1.165) is 11.1 Å². The third-order valence-electron chi connectivity index (χ3n) is 5.84. The Labute approximate surface area is 187 Å². The van der Waals surface area contributed by atoms with Crippen molar-refractivity contribution in [2.45, 2.75) is 64.3 Å². The minimum atomic E-state index is -1.21. The van der Waals surface area contributed by atoms with E-state index in [4.69, 9.17) is 14.2 Å². The van der Waals surface area contributed by atoms with Crippen molar-refractivity contribution in [3.63, 3.8) is 0 Å². The average Bonchev–Trinajstić information content (AvgIpc) is 2.77. The highest BCUT2D eigenvalue weighted by Gasteiger charge is 2.48. The van der Waals surface area contributed by atoms with E-state index < -0.39 is 41.8 Å². The molecule has 7 heteroatoms. The third-order valence-corrected chi connectivity index (χ3v) is 5.84. The Balaban J connectivity index is 1.84. The van der Waals surface area contributed by atoms with Crippen molar-refractivity contribution < 1.29 is 34.0 Å². The molecule has 0 bridgehead atoms. The van der Waals surface area contributed by atoms with Gasteiger partial charge in [0.15, 0.2) is 0 Å². The third kappa shape index (κ3) is 6.16. The van der Waals surface area contributed by atoms with Gasteiger partial charge < -0.3 is 24.4 Å². The van der Waals surface area contributed by atoms with E-state index in [-0.39, 0.29) is 19.4 Å². The summed E-state index contributed by atoms with van der Waals surface area (Å²) < 4.78 is 18.4. The van der Waals surface area contributed by atoms with Crippen LogP contribution in [-0.2, 0) is 37.0 Å². The lowest BCUT2D eigenvalue weighted by Crippen LogP contribution is -2.56. The van der Waals surface area contributed by atoms with E-state index in [9.17, 15) is 19.8 Å². The Kier molecular flexibility index (Phi) is 8.01. The van der Waals surface area contributed by atoms with Crippen LogP contribution in [0.1, 0.15) is 37.8 Å². The van der Waals surface area contributed by atoms with Gasteiger partial charge in [0.05, 0.1) is 43.4 Å². The smallest absolute Gasteiger partial charge is 0.311 e. The van der Waals surface area contributed by atoms with Gasteiger partial charge in [0, 0.05) is 6.42 Å². The number of carboxylic acids is 2. The number of rotatable bonds is 10. The van der Waals surface area contributed by atoms with E-state index in [2.05, 4.69) is 0 Å². The number of carboxylic acid groups (broad SMARTS) is 2. The maximum atomic E-state index is 11.9. The molecule has 32 heavy (non-hydrogen) atoms. The Bertz CT molecular complexity index is 882. The lowest BCUT2D eigenvalue weighted by molar-refractivity contribution is -0.230. The summed E-state index contributed by atoms with van der Waals surface area (Å²) in [4.78, 5) is 23.4. The standard InChI is InChI=1S/C25H30O7/c1-25(2,24(28)29)21-13-19(30-15-17-9-5-3-6-10-17)23(20(32-21)14-22(26)27)31-16-18-11-7-4-8-12-18/h3-12,19-21,23H,13-16H2,1-2H3,(H,26,27)(H,28,29)/t19-,20-,21+,23-/m1/s1. The maximum Gasteiger partial charge on any atom is 0.311 e. The van der Waals surface area contributed by atoms with Crippen LogP contribution in [0.4, 0.5) is 0 Å². The van der Waals surface area contributed by atoms with Crippen LogP contribution in [0.3, 0.4) is 0 Å². The van der Waals surface area contributed by atoms with Gasteiger partial charge in [-0.1, -0.05) is 60.7 Å². The van der Waals surface area contributed by atoms with Crippen LogP contribution in [0.2, 0.25) is 0 Å². The van der Waals surface area contributed by atoms with Gasteiger partial charge in [-0.15, -0.1) is 0 Å². The molecular weight excluding hydrogens is 412 g/mol. The molecule has 4 atom stereocenters. The zero-order chi connectivity index (χ0) is 23.1. The van der Waals surface area contributed by atoms with E-state index in [1.54, 1.807) is 13.8 Å². The fourth-order valence-corrected chi connectivity index (χ4v) is 3.79. The van der Waals surface area contributed by atoms with E-state index in [1.165, 1.54) is 0 Å². The first-order chi connectivity index (χ1) is 15.3. The molecule has 1 aliphatic rings. The second-order valence-corrected chi connectivity index (χ2v) is 8.62. The van der Waals surface area contributed by atoms with Crippen LogP contribution in [0.15, 0.2) is 60.7 Å². The molecule has 2 N–H and O–H groups in total. The summed E-state index contributed by atoms with van der Waals surface area (Å²) in [6.07, 6.45) is -2.77. The van der Waals surface area contributed by atoms with Crippen LogP contribution < -0.4 is 0 Å². The van der Waals surface area contributed by atoms with Crippen molar-refractivity contribution >= 4 is 11.9 Å². The van der Waals surface area contributed by atoms with Crippen LogP contribution in [0.25, 0.3) is 0 Å². The second-order valence-electron chi connectivity index (χ2n) is 8.62. The first-order valence-electron chi connectivity index (χ1n) is 10.7.